The highest BCUT2D eigenvalue weighted by Crippen LogP contribution is 2.35. The van der Waals surface area contributed by atoms with Crippen molar-refractivity contribution in [3.05, 3.63) is 34.7 Å². The molecule has 0 aromatic heterocycles. The van der Waals surface area contributed by atoms with Crippen molar-refractivity contribution in [2.24, 2.45) is 0 Å². The molecule has 1 atom stereocenters. The molecular weight excluding hydrogens is 366 g/mol. The summed E-state index contributed by atoms with van der Waals surface area (Å²) in [6.45, 7) is 0. The van der Waals surface area contributed by atoms with Crippen molar-refractivity contribution in [2.45, 2.75) is 18.9 Å². The average Bonchev–Trinajstić information content (AvgIpc) is 2.82. The standard InChI is InChI=1S/C16H15NO6S2/c1-23-10-4-2-3-9(7-10)8-12-14(20)17(16(24)25-12)11(15(21)22)5-6-13(18)19/h2-4,7-8,11H,5-6H2,1H3,(H,18,19)(H,21,22)/p-2/b12-8-/t11-/m1/s1. The van der Waals surface area contributed by atoms with Gasteiger partial charge < -0.3 is 24.5 Å². The maximum Gasteiger partial charge on any atom is 0.266 e. The summed E-state index contributed by atoms with van der Waals surface area (Å²) in [4.78, 5) is 35.5. The molecule has 25 heavy (non-hydrogen) atoms. The summed E-state index contributed by atoms with van der Waals surface area (Å²) in [5.74, 6) is -2.99. The lowest BCUT2D eigenvalue weighted by Crippen LogP contribution is -2.50. The van der Waals surface area contributed by atoms with Crippen molar-refractivity contribution in [3.63, 3.8) is 0 Å². The van der Waals surface area contributed by atoms with Gasteiger partial charge in [-0.25, -0.2) is 0 Å². The molecule has 0 spiro atoms. The highest BCUT2D eigenvalue weighted by atomic mass is 32.2. The summed E-state index contributed by atoms with van der Waals surface area (Å²) in [5.41, 5.74) is 0.680. The molecule has 1 aromatic carbocycles. The minimum absolute atomic E-state index is 0.0340. The van der Waals surface area contributed by atoms with E-state index in [1.165, 1.54) is 7.11 Å². The van der Waals surface area contributed by atoms with E-state index in [9.17, 15) is 24.6 Å². The second-order valence-electron chi connectivity index (χ2n) is 5.07. The van der Waals surface area contributed by atoms with Crippen LogP contribution in [0.3, 0.4) is 0 Å². The molecule has 1 aliphatic heterocycles. The van der Waals surface area contributed by atoms with Gasteiger partial charge in [0.25, 0.3) is 5.91 Å². The number of benzene rings is 1. The zero-order valence-electron chi connectivity index (χ0n) is 13.1. The van der Waals surface area contributed by atoms with Gasteiger partial charge in [-0.15, -0.1) is 0 Å². The van der Waals surface area contributed by atoms with Crippen LogP contribution in [0.5, 0.6) is 5.75 Å². The fourth-order valence-electron chi connectivity index (χ4n) is 2.24. The molecule has 132 valence electrons. The third-order valence-electron chi connectivity index (χ3n) is 3.42. The Kier molecular flexibility index (Phi) is 6.16. The second-order valence-corrected chi connectivity index (χ2v) is 6.75. The smallest absolute Gasteiger partial charge is 0.266 e. The van der Waals surface area contributed by atoms with Gasteiger partial charge in [0.15, 0.2) is 0 Å². The van der Waals surface area contributed by atoms with E-state index >= 15 is 0 Å². The minimum atomic E-state index is -1.57. The highest BCUT2D eigenvalue weighted by Gasteiger charge is 2.37. The Morgan fingerprint density at radius 1 is 1.40 bits per heavy atom. The Morgan fingerprint density at radius 2 is 2.12 bits per heavy atom. The van der Waals surface area contributed by atoms with Crippen molar-refractivity contribution < 1.29 is 29.3 Å². The molecule has 0 unspecified atom stereocenters. The first-order chi connectivity index (χ1) is 11.8. The molecule has 1 aromatic rings. The van der Waals surface area contributed by atoms with Crippen LogP contribution in [0.4, 0.5) is 0 Å². The third-order valence-corrected chi connectivity index (χ3v) is 4.75. The number of rotatable bonds is 7. The quantitative estimate of drug-likeness (QED) is 0.463. The molecule has 1 heterocycles. The van der Waals surface area contributed by atoms with Gasteiger partial charge in [0.05, 0.1) is 24.0 Å². The first-order valence-corrected chi connectivity index (χ1v) is 8.37. The van der Waals surface area contributed by atoms with Gasteiger partial charge in [0.2, 0.25) is 0 Å². The van der Waals surface area contributed by atoms with Crippen LogP contribution < -0.4 is 14.9 Å². The Bertz CT molecular complexity index is 761. The third kappa shape index (κ3) is 4.58. The highest BCUT2D eigenvalue weighted by molar-refractivity contribution is 8.26. The van der Waals surface area contributed by atoms with Gasteiger partial charge in [0.1, 0.15) is 10.1 Å². The number of hydrogen-bond donors (Lipinski definition) is 0. The summed E-state index contributed by atoms with van der Waals surface area (Å²) in [7, 11) is 1.51. The summed E-state index contributed by atoms with van der Waals surface area (Å²) in [5, 5.41) is 21.9. The normalized spacial score (nSPS) is 17.0. The first-order valence-electron chi connectivity index (χ1n) is 7.15. The maximum absolute atomic E-state index is 12.5. The number of thiocarbonyl (C=S) groups is 1. The monoisotopic (exact) mass is 379 g/mol. The number of nitrogens with zero attached hydrogens (tertiary/aromatic N) is 1. The summed E-state index contributed by atoms with van der Waals surface area (Å²) in [6, 6.07) is 5.49. The Hall–Kier alpha value is -2.39. The molecule has 1 amide bonds. The van der Waals surface area contributed by atoms with Crippen LogP contribution in [0.25, 0.3) is 6.08 Å². The molecule has 0 aliphatic carbocycles. The van der Waals surface area contributed by atoms with Crippen molar-refractivity contribution in [1.82, 2.24) is 4.90 Å². The van der Waals surface area contributed by atoms with Crippen LogP contribution >= 0.6 is 24.0 Å². The van der Waals surface area contributed by atoms with Crippen LogP contribution in [0.15, 0.2) is 29.2 Å². The number of thioether (sulfide) groups is 1. The summed E-state index contributed by atoms with van der Waals surface area (Å²) < 4.78 is 5.14. The van der Waals surface area contributed by atoms with E-state index in [1.807, 2.05) is 0 Å². The molecule has 0 N–H and O–H groups in total. The number of carbonyl (C=O) groups is 3. The number of hydrogen-bond acceptors (Lipinski definition) is 8. The molecule has 1 aliphatic rings. The first kappa shape index (κ1) is 18.9. The van der Waals surface area contributed by atoms with E-state index in [4.69, 9.17) is 17.0 Å². The van der Waals surface area contributed by atoms with Gasteiger partial charge in [-0.2, -0.15) is 0 Å². The molecular formula is C16H13NO6S2-2. The van der Waals surface area contributed by atoms with Gasteiger partial charge in [0, 0.05) is 5.97 Å². The van der Waals surface area contributed by atoms with E-state index in [-0.39, 0.29) is 15.6 Å². The topological polar surface area (TPSA) is 110 Å². The van der Waals surface area contributed by atoms with Crippen LogP contribution in [-0.4, -0.2) is 40.2 Å². The van der Waals surface area contributed by atoms with Gasteiger partial charge >= 0.3 is 0 Å². The SMILES string of the molecule is COc1cccc(/C=C2\SC(=S)N([C@H](CCC(=O)[O-])C(=O)[O-])C2=O)c1. The maximum atomic E-state index is 12.5. The fourth-order valence-corrected chi connectivity index (χ4v) is 3.59. The number of carboxylic acid groups (broad SMARTS) is 2. The Morgan fingerprint density at radius 3 is 2.72 bits per heavy atom. The predicted octanol–water partition coefficient (Wildman–Crippen LogP) is -0.455. The van der Waals surface area contributed by atoms with Crippen molar-refractivity contribution in [3.8, 4) is 5.75 Å². The van der Waals surface area contributed by atoms with E-state index < -0.39 is 30.3 Å². The van der Waals surface area contributed by atoms with Crippen molar-refractivity contribution in [1.29, 1.82) is 0 Å². The number of ether oxygens (including phenoxy) is 1. The molecule has 2 rings (SSSR count). The Balaban J connectivity index is 2.26. The number of aliphatic carboxylic acids is 2. The number of carbonyl (C=O) groups excluding carboxylic acids is 3. The van der Waals surface area contributed by atoms with E-state index in [2.05, 4.69) is 0 Å². The zero-order valence-corrected chi connectivity index (χ0v) is 14.7. The van der Waals surface area contributed by atoms with Crippen LogP contribution in [0, 0.1) is 0 Å². The van der Waals surface area contributed by atoms with E-state index in [0.717, 1.165) is 16.7 Å². The van der Waals surface area contributed by atoms with Gasteiger partial charge in [-0.05, 0) is 36.6 Å². The lowest BCUT2D eigenvalue weighted by Gasteiger charge is -2.27. The predicted molar refractivity (Wildman–Crippen MR) is 91.0 cm³/mol. The van der Waals surface area contributed by atoms with Crippen molar-refractivity contribution in [2.75, 3.05) is 7.11 Å². The average molecular weight is 379 g/mol. The number of methoxy groups -OCH3 is 1. The summed E-state index contributed by atoms with van der Waals surface area (Å²) in [6.07, 6.45) is 0.696. The molecule has 1 saturated heterocycles. The molecule has 0 radical (unpaired) electrons. The zero-order chi connectivity index (χ0) is 18.6. The largest absolute Gasteiger partial charge is 0.550 e. The van der Waals surface area contributed by atoms with Crippen LogP contribution in [0.2, 0.25) is 0 Å². The van der Waals surface area contributed by atoms with Crippen LogP contribution in [-0.2, 0) is 14.4 Å². The number of carboxylic acids is 2. The minimum Gasteiger partial charge on any atom is -0.550 e. The van der Waals surface area contributed by atoms with E-state index in [1.54, 1.807) is 30.3 Å². The lowest BCUT2D eigenvalue weighted by atomic mass is 10.1. The van der Waals surface area contributed by atoms with Gasteiger partial charge in [-0.1, -0.05) is 36.1 Å². The second kappa shape index (κ2) is 8.13. The van der Waals surface area contributed by atoms with Crippen LogP contribution in [0.1, 0.15) is 18.4 Å². The molecule has 1 fully saturated rings. The molecule has 9 heteroatoms. The number of amides is 1. The molecule has 0 bridgehead atoms. The van der Waals surface area contributed by atoms with Gasteiger partial charge in [-0.3, -0.25) is 9.69 Å². The summed E-state index contributed by atoms with van der Waals surface area (Å²) >= 11 is 6.03. The van der Waals surface area contributed by atoms with E-state index in [0.29, 0.717) is 11.3 Å². The molecule has 7 nitrogen and oxygen atoms in total. The lowest BCUT2D eigenvalue weighted by molar-refractivity contribution is -0.311. The Labute approximate surface area is 153 Å². The fraction of sp³-hybridized carbons (Fsp3) is 0.250. The van der Waals surface area contributed by atoms with Crippen molar-refractivity contribution >= 4 is 52.2 Å². The molecule has 0 saturated carbocycles.